The minimum atomic E-state index is -1.22. The number of anilines is 1. The number of cyclic esters (lactones) is 2. The summed E-state index contributed by atoms with van der Waals surface area (Å²) in [5.41, 5.74) is 1.55. The molecular weight excluding hydrogens is 343 g/mol. The van der Waals surface area contributed by atoms with E-state index >= 15 is 0 Å². The topological polar surface area (TPSA) is 77.5 Å². The van der Waals surface area contributed by atoms with Gasteiger partial charge in [0.1, 0.15) is 6.42 Å². The van der Waals surface area contributed by atoms with Gasteiger partial charge < -0.3 is 14.8 Å². The zero-order chi connectivity index (χ0) is 16.4. The maximum atomic E-state index is 11.3. The van der Waals surface area contributed by atoms with Crippen LogP contribution in [0, 0.1) is 0 Å². The summed E-state index contributed by atoms with van der Waals surface area (Å²) < 4.78 is 9.85. The lowest BCUT2D eigenvalue weighted by Gasteiger charge is -2.24. The third-order valence-electron chi connectivity index (χ3n) is 3.05. The van der Waals surface area contributed by atoms with Gasteiger partial charge >= 0.3 is 18.4 Å². The van der Waals surface area contributed by atoms with E-state index in [2.05, 4.69) is 10.3 Å². The number of ether oxygens (including phenoxy) is 2. The number of benzene rings is 1. The minimum Gasteiger partial charge on any atom is -0.406 e. The van der Waals surface area contributed by atoms with Crippen molar-refractivity contribution in [3.8, 4) is 11.3 Å². The predicted octanol–water partition coefficient (Wildman–Crippen LogP) is 3.24. The molecule has 0 saturated carbocycles. The number of hydrogen-bond donors (Lipinski definition) is 1. The molecule has 0 atom stereocenters. The van der Waals surface area contributed by atoms with Crippen molar-refractivity contribution in [1.82, 2.24) is 4.98 Å². The Labute approximate surface area is 141 Å². The first-order valence-electron chi connectivity index (χ1n) is 6.59. The van der Waals surface area contributed by atoms with Crippen molar-refractivity contribution in [2.45, 2.75) is 12.8 Å². The van der Waals surface area contributed by atoms with E-state index in [1.807, 2.05) is 0 Å². The van der Waals surface area contributed by atoms with E-state index in [1.54, 1.807) is 36.5 Å². The number of nitrogens with one attached hydrogen (secondary N) is 1. The second kappa shape index (κ2) is 6.44. The van der Waals surface area contributed by atoms with E-state index in [9.17, 15) is 9.59 Å². The zero-order valence-electron chi connectivity index (χ0n) is 11.6. The summed E-state index contributed by atoms with van der Waals surface area (Å²) in [5, 5.41) is 3.53. The Bertz CT molecular complexity index is 766. The summed E-state index contributed by atoms with van der Waals surface area (Å²) in [5.74, 6) is -1.32. The summed E-state index contributed by atoms with van der Waals surface area (Å²) >= 11 is 12.2. The van der Waals surface area contributed by atoms with Crippen molar-refractivity contribution in [1.29, 1.82) is 0 Å². The molecule has 0 unspecified atom stereocenters. The molecule has 0 spiro atoms. The van der Waals surface area contributed by atoms with Gasteiger partial charge in [-0.05, 0) is 18.2 Å². The smallest absolute Gasteiger partial charge is 0.329 e. The van der Waals surface area contributed by atoms with Gasteiger partial charge in [-0.2, -0.15) is 0 Å². The Morgan fingerprint density at radius 3 is 2.57 bits per heavy atom. The molecule has 2 heterocycles. The lowest BCUT2D eigenvalue weighted by molar-refractivity contribution is -0.197. The maximum Gasteiger partial charge on any atom is 0.329 e. The molecule has 8 heteroatoms. The van der Waals surface area contributed by atoms with Crippen LogP contribution >= 0.6 is 23.2 Å². The second-order valence-electron chi connectivity index (χ2n) is 4.63. The van der Waals surface area contributed by atoms with Gasteiger partial charge in [0.05, 0.1) is 21.4 Å². The number of hydrogen-bond acceptors (Lipinski definition) is 6. The van der Waals surface area contributed by atoms with Crippen LogP contribution in [0.2, 0.25) is 10.0 Å². The zero-order valence-corrected chi connectivity index (χ0v) is 13.1. The lowest BCUT2D eigenvalue weighted by atomic mass is 10.1. The van der Waals surface area contributed by atoms with Crippen molar-refractivity contribution < 1.29 is 19.1 Å². The van der Waals surface area contributed by atoms with Crippen molar-refractivity contribution >= 4 is 40.8 Å². The molecule has 1 fully saturated rings. The minimum absolute atomic E-state index is 0.341. The van der Waals surface area contributed by atoms with E-state index in [-0.39, 0.29) is 0 Å². The Morgan fingerprint density at radius 1 is 1.09 bits per heavy atom. The maximum absolute atomic E-state index is 11.3. The number of carbonyl (C=O) groups excluding carboxylic acids is 2. The summed E-state index contributed by atoms with van der Waals surface area (Å²) in [4.78, 5) is 26.9. The van der Waals surface area contributed by atoms with Crippen LogP contribution in [0.15, 0.2) is 36.5 Å². The molecule has 2 aromatic rings. The van der Waals surface area contributed by atoms with Crippen LogP contribution in [0.1, 0.15) is 6.42 Å². The van der Waals surface area contributed by atoms with Gasteiger partial charge in [-0.3, -0.25) is 14.6 Å². The first kappa shape index (κ1) is 15.6. The van der Waals surface area contributed by atoms with Gasteiger partial charge in [-0.15, -0.1) is 0 Å². The first-order chi connectivity index (χ1) is 11.0. The average Bonchev–Trinajstić information content (AvgIpc) is 2.50. The first-order valence-corrected chi connectivity index (χ1v) is 7.35. The predicted molar refractivity (Wildman–Crippen MR) is 83.9 cm³/mol. The molecule has 1 aromatic heterocycles. The summed E-state index contributed by atoms with van der Waals surface area (Å²) in [6.07, 6.45) is -0.0425. The van der Waals surface area contributed by atoms with Crippen molar-refractivity contribution in [2.75, 3.05) is 5.32 Å². The molecule has 0 bridgehead atoms. The number of halogens is 2. The summed E-state index contributed by atoms with van der Waals surface area (Å²) in [6, 6.07) is 8.52. The third-order valence-corrected chi connectivity index (χ3v) is 3.87. The van der Waals surface area contributed by atoms with E-state index in [4.69, 9.17) is 32.7 Å². The van der Waals surface area contributed by atoms with Crippen molar-refractivity contribution in [2.24, 2.45) is 0 Å². The van der Waals surface area contributed by atoms with Gasteiger partial charge in [0.15, 0.2) is 0 Å². The highest BCUT2D eigenvalue weighted by Gasteiger charge is 2.28. The number of rotatable bonds is 3. The van der Waals surface area contributed by atoms with E-state index in [1.165, 1.54) is 0 Å². The number of esters is 2. The molecule has 1 aliphatic heterocycles. The molecule has 0 aliphatic carbocycles. The fourth-order valence-electron chi connectivity index (χ4n) is 2.07. The Balaban J connectivity index is 1.94. The second-order valence-corrected chi connectivity index (χ2v) is 5.42. The normalized spacial score (nSPS) is 15.0. The average molecular weight is 353 g/mol. The van der Waals surface area contributed by atoms with E-state index in [0.717, 1.165) is 0 Å². The molecule has 23 heavy (non-hydrogen) atoms. The number of aromatic nitrogens is 1. The van der Waals surface area contributed by atoms with Crippen LogP contribution < -0.4 is 5.32 Å². The van der Waals surface area contributed by atoms with Crippen LogP contribution in [-0.4, -0.2) is 23.3 Å². The molecule has 1 aliphatic rings. The Kier molecular flexibility index (Phi) is 4.36. The molecule has 1 aromatic carbocycles. The molecule has 0 radical (unpaired) electrons. The fraction of sp³-hybridized carbons (Fsp3) is 0.133. The molecule has 118 valence electrons. The lowest BCUT2D eigenvalue weighted by Crippen LogP contribution is -2.37. The Morgan fingerprint density at radius 2 is 1.83 bits per heavy atom. The molecule has 3 rings (SSSR count). The van der Waals surface area contributed by atoms with E-state index in [0.29, 0.717) is 27.0 Å². The van der Waals surface area contributed by atoms with Gasteiger partial charge in [-0.25, -0.2) is 0 Å². The highest BCUT2D eigenvalue weighted by molar-refractivity contribution is 6.43. The highest BCUT2D eigenvalue weighted by Crippen LogP contribution is 2.36. The van der Waals surface area contributed by atoms with Crippen LogP contribution in [0.4, 0.5) is 5.69 Å². The van der Waals surface area contributed by atoms with Crippen molar-refractivity contribution in [3.63, 3.8) is 0 Å². The van der Waals surface area contributed by atoms with Crippen LogP contribution in [-0.2, 0) is 19.1 Å². The van der Waals surface area contributed by atoms with Gasteiger partial charge in [0, 0.05) is 11.8 Å². The van der Waals surface area contributed by atoms with Gasteiger partial charge in [0.2, 0.25) is 0 Å². The Hall–Kier alpha value is -2.31. The number of nitrogens with zero attached hydrogens (tertiary/aromatic N) is 1. The van der Waals surface area contributed by atoms with Crippen LogP contribution in [0.25, 0.3) is 11.3 Å². The standard InChI is InChI=1S/C15H10Cl2N2O4/c16-9-4-1-3-8(13(9)17)14-10(5-2-6-18-14)19-15-22-11(20)7-12(21)23-15/h1-6,15,19H,7H2. The summed E-state index contributed by atoms with van der Waals surface area (Å²) in [7, 11) is 0. The fourth-order valence-corrected chi connectivity index (χ4v) is 2.46. The van der Waals surface area contributed by atoms with Gasteiger partial charge in [-0.1, -0.05) is 35.3 Å². The van der Waals surface area contributed by atoms with Gasteiger partial charge in [0.25, 0.3) is 0 Å². The third kappa shape index (κ3) is 3.38. The SMILES string of the molecule is O=C1CC(=O)OC(Nc2cccnc2-c2cccc(Cl)c2Cl)O1. The molecule has 1 saturated heterocycles. The van der Waals surface area contributed by atoms with Crippen LogP contribution in [0.5, 0.6) is 0 Å². The number of carbonyl (C=O) groups is 2. The van der Waals surface area contributed by atoms with E-state index < -0.39 is 24.8 Å². The highest BCUT2D eigenvalue weighted by atomic mass is 35.5. The van der Waals surface area contributed by atoms with Crippen molar-refractivity contribution in [3.05, 3.63) is 46.6 Å². The molecule has 0 amide bonds. The summed E-state index contributed by atoms with van der Waals surface area (Å²) in [6.45, 7) is 0. The largest absolute Gasteiger partial charge is 0.406 e. The monoisotopic (exact) mass is 352 g/mol. The molecular formula is C15H10Cl2N2O4. The quantitative estimate of drug-likeness (QED) is 0.674. The molecule has 6 nitrogen and oxygen atoms in total. The number of pyridine rings is 1. The molecule has 1 N–H and O–H groups in total. The van der Waals surface area contributed by atoms with Crippen LogP contribution in [0.3, 0.4) is 0 Å².